The van der Waals surface area contributed by atoms with E-state index in [1.165, 1.54) is 61.4 Å². The van der Waals surface area contributed by atoms with Crippen molar-refractivity contribution in [1.29, 1.82) is 0 Å². The van der Waals surface area contributed by atoms with E-state index in [1.54, 1.807) is 12.2 Å². The number of nitrogens with one attached hydrogen (secondary N) is 1. The minimum atomic E-state index is 0.640. The third-order valence-electron chi connectivity index (χ3n) is 10.2. The minimum Gasteiger partial charge on any atom is -0.405 e. The van der Waals surface area contributed by atoms with E-state index in [4.69, 9.17) is 11.5 Å². The maximum atomic E-state index is 5.35. The van der Waals surface area contributed by atoms with E-state index in [0.29, 0.717) is 6.54 Å². The molecule has 6 aromatic carbocycles. The summed E-state index contributed by atoms with van der Waals surface area (Å²) in [5, 5.41) is 6.00. The van der Waals surface area contributed by atoms with E-state index in [1.807, 2.05) is 91.1 Å². The topological polar surface area (TPSA) is 69.0 Å². The number of fused-ring (bicyclic) bond motifs is 3. The molecule has 7 rings (SSSR count). The molecule has 1 aromatic heterocycles. The number of nitrogens with two attached hydrogens (primary N) is 2. The predicted molar refractivity (Wildman–Crippen MR) is 287 cm³/mol. The number of allylic oxidation sites excluding steroid dienone is 18. The summed E-state index contributed by atoms with van der Waals surface area (Å²) >= 11 is 0. The Labute approximate surface area is 387 Å². The van der Waals surface area contributed by atoms with Gasteiger partial charge in [-0.15, -0.1) is 0 Å². The molecule has 0 saturated carbocycles. The molecule has 65 heavy (non-hydrogen) atoms. The number of benzene rings is 6. The summed E-state index contributed by atoms with van der Waals surface area (Å²) in [6.45, 7) is 10.6. The molecule has 0 radical (unpaired) electrons. The van der Waals surface area contributed by atoms with Gasteiger partial charge in [0.2, 0.25) is 0 Å². The average Bonchev–Trinajstić information content (AvgIpc) is 3.67. The lowest BCUT2D eigenvalue weighted by Gasteiger charge is -2.12. The molecular formula is C61H62N4. The number of para-hydroxylation sites is 2. The molecule has 0 saturated heterocycles. The zero-order valence-electron chi connectivity index (χ0n) is 38.0. The van der Waals surface area contributed by atoms with Gasteiger partial charge in [-0.3, -0.25) is 0 Å². The summed E-state index contributed by atoms with van der Waals surface area (Å²) in [6, 6.07) is 52.6. The van der Waals surface area contributed by atoms with Crippen LogP contribution < -0.4 is 16.8 Å². The normalized spacial score (nSPS) is 12.3. The Bertz CT molecular complexity index is 2830. The molecule has 0 aliphatic rings. The molecule has 0 aliphatic carbocycles. The van der Waals surface area contributed by atoms with Crippen LogP contribution in [0.25, 0.3) is 44.2 Å². The third-order valence-corrected chi connectivity index (χ3v) is 10.2. The Morgan fingerprint density at radius 3 is 1.91 bits per heavy atom. The van der Waals surface area contributed by atoms with Crippen LogP contribution in [0, 0.1) is 6.92 Å². The van der Waals surface area contributed by atoms with Gasteiger partial charge in [-0.1, -0.05) is 200 Å². The van der Waals surface area contributed by atoms with Gasteiger partial charge < -0.3 is 21.4 Å². The number of anilines is 2. The first-order valence-corrected chi connectivity index (χ1v) is 22.1. The number of hydrogen-bond donors (Lipinski definition) is 3. The van der Waals surface area contributed by atoms with Crippen LogP contribution in [0.1, 0.15) is 37.0 Å². The molecule has 1 heterocycles. The number of aromatic nitrogens is 1. The van der Waals surface area contributed by atoms with Crippen LogP contribution in [0.15, 0.2) is 262 Å². The summed E-state index contributed by atoms with van der Waals surface area (Å²) in [6.07, 6.45) is 34.8. The Morgan fingerprint density at radius 1 is 0.615 bits per heavy atom. The molecule has 0 unspecified atom stereocenters. The summed E-state index contributed by atoms with van der Waals surface area (Å²) in [5.74, 6) is 0. The SMILES string of the molecule is C=C/C=C\C=C(/C)c1ccccc1Nc1ccccc1.C\C=C/C(=C\C=C\C/C=C/C=C/C=C\C=C/N)n1c2ccc(C)cc2c2cc(-c3ccccc3)ccc21.NCc1ccccc1. The maximum Gasteiger partial charge on any atom is 0.0541 e. The molecule has 0 bridgehead atoms. The summed E-state index contributed by atoms with van der Waals surface area (Å²) in [4.78, 5) is 0. The van der Waals surface area contributed by atoms with Crippen LogP contribution >= 0.6 is 0 Å². The fourth-order valence-corrected chi connectivity index (χ4v) is 7.00. The molecule has 4 heteroatoms. The van der Waals surface area contributed by atoms with E-state index < -0.39 is 0 Å². The second kappa shape index (κ2) is 27.2. The molecular weight excluding hydrogens is 789 g/mol. The van der Waals surface area contributed by atoms with Crippen LogP contribution in [0.5, 0.6) is 0 Å². The summed E-state index contributed by atoms with van der Waals surface area (Å²) in [5.41, 5.74) is 23.7. The van der Waals surface area contributed by atoms with Gasteiger partial charge in [0.25, 0.3) is 0 Å². The van der Waals surface area contributed by atoms with E-state index in [0.717, 1.165) is 23.5 Å². The highest BCUT2D eigenvalue weighted by Gasteiger charge is 2.14. The molecule has 0 atom stereocenters. The smallest absolute Gasteiger partial charge is 0.0541 e. The van der Waals surface area contributed by atoms with Gasteiger partial charge in [-0.25, -0.2) is 0 Å². The van der Waals surface area contributed by atoms with Crippen molar-refractivity contribution >= 4 is 44.5 Å². The predicted octanol–water partition coefficient (Wildman–Crippen LogP) is 16.0. The molecule has 326 valence electrons. The quantitative estimate of drug-likeness (QED) is 0.0900. The first kappa shape index (κ1) is 48.1. The Hall–Kier alpha value is -7.92. The van der Waals surface area contributed by atoms with Gasteiger partial charge in [0.1, 0.15) is 0 Å². The van der Waals surface area contributed by atoms with Gasteiger partial charge in [0, 0.05) is 40.0 Å². The van der Waals surface area contributed by atoms with Crippen molar-refractivity contribution in [3.63, 3.8) is 0 Å². The molecule has 0 spiro atoms. The molecule has 0 amide bonds. The fourth-order valence-electron chi connectivity index (χ4n) is 7.00. The van der Waals surface area contributed by atoms with E-state index >= 15 is 0 Å². The largest absolute Gasteiger partial charge is 0.405 e. The van der Waals surface area contributed by atoms with Crippen molar-refractivity contribution in [3.8, 4) is 11.1 Å². The first-order chi connectivity index (χ1) is 32.0. The van der Waals surface area contributed by atoms with E-state index in [-0.39, 0.29) is 0 Å². The Balaban J connectivity index is 0.000000234. The van der Waals surface area contributed by atoms with Crippen LogP contribution in [-0.4, -0.2) is 4.57 Å². The lowest BCUT2D eigenvalue weighted by molar-refractivity contribution is 1.07. The second-order valence-corrected chi connectivity index (χ2v) is 15.0. The molecule has 5 N–H and O–H groups in total. The van der Waals surface area contributed by atoms with Crippen molar-refractivity contribution in [1.82, 2.24) is 4.57 Å². The van der Waals surface area contributed by atoms with Crippen molar-refractivity contribution in [2.45, 2.75) is 33.7 Å². The standard InChI is InChI=1S/C35H34N2.C19H19N.C7H9N/c1-3-17-31(20-15-10-8-6-4-5-7-9-11-16-25-36)37-34-23-21-28(2)26-32(34)33-27-30(22-24-35(33)37)29-18-13-12-14-19-29;1-3-4-6-11-16(2)18-14-9-10-15-19(18)20-17-12-7-5-8-13-17;8-6-7-4-2-1-3-5-7/h3-7,9-27H,8,36H2,1-2H3;3-15,20H,1H2,2H3;1-5H,6,8H2/b6-4+,7-5+,11-9-,15-10+,17-3-,25-16-,31-20+;6-4-,16-11+;. The van der Waals surface area contributed by atoms with Crippen molar-refractivity contribution in [3.05, 3.63) is 278 Å². The van der Waals surface area contributed by atoms with Gasteiger partial charge >= 0.3 is 0 Å². The monoisotopic (exact) mass is 850 g/mol. The number of aryl methyl sites for hydroxylation is 1. The van der Waals surface area contributed by atoms with Crippen molar-refractivity contribution < 1.29 is 0 Å². The Morgan fingerprint density at radius 2 is 1.23 bits per heavy atom. The molecule has 0 aliphatic heterocycles. The maximum absolute atomic E-state index is 5.35. The van der Waals surface area contributed by atoms with Gasteiger partial charge in [0.15, 0.2) is 0 Å². The van der Waals surface area contributed by atoms with E-state index in [2.05, 4.69) is 183 Å². The summed E-state index contributed by atoms with van der Waals surface area (Å²) in [7, 11) is 0. The number of hydrogen-bond acceptors (Lipinski definition) is 3. The minimum absolute atomic E-state index is 0.640. The van der Waals surface area contributed by atoms with Gasteiger partial charge in [-0.2, -0.15) is 0 Å². The lowest BCUT2D eigenvalue weighted by Crippen LogP contribution is -1.94. The zero-order chi connectivity index (χ0) is 45.9. The fraction of sp³-hybridized carbons (Fsp3) is 0.0820. The van der Waals surface area contributed by atoms with Crippen molar-refractivity contribution in [2.75, 3.05) is 5.32 Å². The highest BCUT2D eigenvalue weighted by molar-refractivity contribution is 6.11. The second-order valence-electron chi connectivity index (χ2n) is 15.0. The zero-order valence-corrected chi connectivity index (χ0v) is 38.0. The highest BCUT2D eigenvalue weighted by Crippen LogP contribution is 2.36. The highest BCUT2D eigenvalue weighted by atomic mass is 15.0. The van der Waals surface area contributed by atoms with Gasteiger partial charge in [-0.05, 0) is 116 Å². The van der Waals surface area contributed by atoms with Crippen LogP contribution in [-0.2, 0) is 6.54 Å². The summed E-state index contributed by atoms with van der Waals surface area (Å²) < 4.78 is 2.36. The van der Waals surface area contributed by atoms with E-state index in [9.17, 15) is 0 Å². The number of rotatable bonds is 15. The van der Waals surface area contributed by atoms with Gasteiger partial charge in [0.05, 0.1) is 11.0 Å². The van der Waals surface area contributed by atoms with Crippen molar-refractivity contribution in [2.24, 2.45) is 11.5 Å². The molecule has 0 fully saturated rings. The molecule has 4 nitrogen and oxygen atoms in total. The van der Waals surface area contributed by atoms with Crippen LogP contribution in [0.4, 0.5) is 11.4 Å². The Kier molecular flexibility index (Phi) is 20.1. The number of nitrogens with zero attached hydrogens (tertiary/aromatic N) is 1. The average molecular weight is 851 g/mol. The third kappa shape index (κ3) is 15.1. The lowest BCUT2D eigenvalue weighted by atomic mass is 10.0. The molecule has 7 aromatic rings. The first-order valence-electron chi connectivity index (χ1n) is 22.1. The van der Waals surface area contributed by atoms with Crippen LogP contribution in [0.3, 0.4) is 0 Å². The van der Waals surface area contributed by atoms with Crippen LogP contribution in [0.2, 0.25) is 0 Å².